The highest BCUT2D eigenvalue weighted by molar-refractivity contribution is 7.18. The van der Waals surface area contributed by atoms with Gasteiger partial charge in [-0.3, -0.25) is 0 Å². The van der Waals surface area contributed by atoms with Crippen molar-refractivity contribution >= 4 is 21.6 Å². The summed E-state index contributed by atoms with van der Waals surface area (Å²) in [6.07, 6.45) is 1.93. The Morgan fingerprint density at radius 1 is 1.00 bits per heavy atom. The number of aryl methyl sites for hydroxylation is 1. The Bertz CT molecular complexity index is 628. The first-order valence-electron chi connectivity index (χ1n) is 6.48. The van der Waals surface area contributed by atoms with Crippen molar-refractivity contribution in [1.82, 2.24) is 4.98 Å². The third-order valence-electron chi connectivity index (χ3n) is 3.21. The summed E-state index contributed by atoms with van der Waals surface area (Å²) in [6, 6.07) is 18.7. The molecule has 0 amide bonds. The average Bonchev–Trinajstić information content (AvgIpc) is 2.90. The zero-order valence-corrected chi connectivity index (χ0v) is 11.4. The van der Waals surface area contributed by atoms with Gasteiger partial charge in [-0.15, -0.1) is 11.3 Å². The smallest absolute Gasteiger partial charge is 0.111 e. The molecule has 3 heteroatoms. The molecule has 1 unspecified atom stereocenters. The summed E-state index contributed by atoms with van der Waals surface area (Å²) in [6.45, 7) is 0. The standard InChI is InChI=1S/C16H16N2S/c17-13(11-10-12-6-2-1-3-7-12)16-18-14-8-4-5-9-15(14)19-16/h1-9,13H,10-11,17H2. The highest BCUT2D eigenvalue weighted by atomic mass is 32.1. The fourth-order valence-electron chi connectivity index (χ4n) is 2.14. The van der Waals surface area contributed by atoms with Crippen LogP contribution in [0.25, 0.3) is 10.2 Å². The number of hydrogen-bond acceptors (Lipinski definition) is 3. The summed E-state index contributed by atoms with van der Waals surface area (Å²) < 4.78 is 1.22. The maximum atomic E-state index is 6.25. The summed E-state index contributed by atoms with van der Waals surface area (Å²) in [5.41, 5.74) is 8.64. The van der Waals surface area contributed by atoms with E-state index in [9.17, 15) is 0 Å². The summed E-state index contributed by atoms with van der Waals surface area (Å²) in [4.78, 5) is 4.62. The SMILES string of the molecule is NC(CCc1ccccc1)c1nc2ccccc2s1. The van der Waals surface area contributed by atoms with Gasteiger partial charge in [0.05, 0.1) is 16.3 Å². The Morgan fingerprint density at radius 3 is 2.53 bits per heavy atom. The number of thiazole rings is 1. The molecule has 2 nitrogen and oxygen atoms in total. The van der Waals surface area contributed by atoms with Gasteiger partial charge >= 0.3 is 0 Å². The molecular formula is C16H16N2S. The van der Waals surface area contributed by atoms with Gasteiger partial charge in [-0.1, -0.05) is 42.5 Å². The van der Waals surface area contributed by atoms with E-state index >= 15 is 0 Å². The quantitative estimate of drug-likeness (QED) is 0.778. The van der Waals surface area contributed by atoms with Crippen LogP contribution in [-0.2, 0) is 6.42 Å². The van der Waals surface area contributed by atoms with Crippen LogP contribution in [0.3, 0.4) is 0 Å². The van der Waals surface area contributed by atoms with Crippen LogP contribution in [0.5, 0.6) is 0 Å². The Morgan fingerprint density at radius 2 is 1.74 bits per heavy atom. The van der Waals surface area contributed by atoms with Crippen molar-refractivity contribution in [2.24, 2.45) is 5.73 Å². The second-order valence-corrected chi connectivity index (χ2v) is 5.71. The lowest BCUT2D eigenvalue weighted by atomic mass is 10.1. The molecule has 0 aliphatic rings. The highest BCUT2D eigenvalue weighted by Crippen LogP contribution is 2.27. The first-order chi connectivity index (χ1) is 9.33. The number of benzene rings is 2. The molecule has 0 bridgehead atoms. The van der Waals surface area contributed by atoms with Crippen molar-refractivity contribution in [1.29, 1.82) is 0 Å². The minimum Gasteiger partial charge on any atom is -0.322 e. The zero-order valence-electron chi connectivity index (χ0n) is 10.6. The van der Waals surface area contributed by atoms with Gasteiger partial charge in [0.25, 0.3) is 0 Å². The number of fused-ring (bicyclic) bond motifs is 1. The monoisotopic (exact) mass is 268 g/mol. The molecule has 19 heavy (non-hydrogen) atoms. The fraction of sp³-hybridized carbons (Fsp3) is 0.188. The van der Waals surface area contributed by atoms with Crippen LogP contribution in [0, 0.1) is 0 Å². The van der Waals surface area contributed by atoms with Gasteiger partial charge in [0, 0.05) is 0 Å². The van der Waals surface area contributed by atoms with Crippen LogP contribution in [0.2, 0.25) is 0 Å². The van der Waals surface area contributed by atoms with Gasteiger partial charge < -0.3 is 5.73 Å². The summed E-state index contributed by atoms with van der Waals surface area (Å²) in [5.74, 6) is 0. The second-order valence-electron chi connectivity index (χ2n) is 4.65. The molecule has 1 atom stereocenters. The molecular weight excluding hydrogens is 252 g/mol. The van der Waals surface area contributed by atoms with Crippen molar-refractivity contribution in [3.63, 3.8) is 0 Å². The van der Waals surface area contributed by atoms with Crippen LogP contribution in [0.1, 0.15) is 23.0 Å². The summed E-state index contributed by atoms with van der Waals surface area (Å²) >= 11 is 1.70. The van der Waals surface area contributed by atoms with Crippen LogP contribution < -0.4 is 5.73 Å². The number of nitrogens with zero attached hydrogens (tertiary/aromatic N) is 1. The van der Waals surface area contributed by atoms with E-state index in [0.717, 1.165) is 23.4 Å². The number of para-hydroxylation sites is 1. The minimum atomic E-state index is 0.0256. The molecule has 0 aliphatic carbocycles. The van der Waals surface area contributed by atoms with Crippen LogP contribution in [-0.4, -0.2) is 4.98 Å². The van der Waals surface area contributed by atoms with E-state index in [0.29, 0.717) is 0 Å². The maximum Gasteiger partial charge on any atom is 0.111 e. The van der Waals surface area contributed by atoms with Gasteiger partial charge in [0.15, 0.2) is 0 Å². The lowest BCUT2D eigenvalue weighted by Crippen LogP contribution is -2.10. The van der Waals surface area contributed by atoms with Crippen LogP contribution >= 0.6 is 11.3 Å². The van der Waals surface area contributed by atoms with Crippen molar-refractivity contribution in [3.8, 4) is 0 Å². The van der Waals surface area contributed by atoms with Gasteiger partial charge in [0.2, 0.25) is 0 Å². The third-order valence-corrected chi connectivity index (χ3v) is 4.38. The Labute approximate surface area is 116 Å². The summed E-state index contributed by atoms with van der Waals surface area (Å²) in [7, 11) is 0. The Hall–Kier alpha value is -1.71. The molecule has 2 N–H and O–H groups in total. The molecule has 3 rings (SSSR count). The molecule has 0 saturated heterocycles. The molecule has 0 spiro atoms. The molecule has 1 aromatic heterocycles. The van der Waals surface area contributed by atoms with E-state index < -0.39 is 0 Å². The van der Waals surface area contributed by atoms with Gasteiger partial charge in [-0.25, -0.2) is 4.98 Å². The molecule has 0 aliphatic heterocycles. The van der Waals surface area contributed by atoms with Gasteiger partial charge in [0.1, 0.15) is 5.01 Å². The number of rotatable bonds is 4. The fourth-order valence-corrected chi connectivity index (χ4v) is 3.14. The van der Waals surface area contributed by atoms with Crippen molar-refractivity contribution in [2.45, 2.75) is 18.9 Å². The first kappa shape index (κ1) is 12.3. The zero-order chi connectivity index (χ0) is 13.1. The Balaban J connectivity index is 1.71. The predicted octanol–water partition coefficient (Wildman–Crippen LogP) is 3.93. The predicted molar refractivity (Wildman–Crippen MR) is 81.3 cm³/mol. The van der Waals surface area contributed by atoms with Gasteiger partial charge in [-0.2, -0.15) is 0 Å². The van der Waals surface area contributed by atoms with Crippen molar-refractivity contribution in [2.75, 3.05) is 0 Å². The molecule has 0 fully saturated rings. The molecule has 0 saturated carbocycles. The molecule has 1 heterocycles. The van der Waals surface area contributed by atoms with Crippen LogP contribution in [0.15, 0.2) is 54.6 Å². The lowest BCUT2D eigenvalue weighted by Gasteiger charge is -2.07. The topological polar surface area (TPSA) is 38.9 Å². The normalized spacial score (nSPS) is 12.7. The average molecular weight is 268 g/mol. The second kappa shape index (κ2) is 5.51. The highest BCUT2D eigenvalue weighted by Gasteiger charge is 2.11. The van der Waals surface area contributed by atoms with Crippen molar-refractivity contribution < 1.29 is 0 Å². The van der Waals surface area contributed by atoms with E-state index in [4.69, 9.17) is 5.73 Å². The summed E-state index contributed by atoms with van der Waals surface area (Å²) in [5, 5.41) is 1.04. The lowest BCUT2D eigenvalue weighted by molar-refractivity contribution is 0.648. The van der Waals surface area contributed by atoms with E-state index in [1.807, 2.05) is 24.3 Å². The molecule has 3 aromatic rings. The maximum absolute atomic E-state index is 6.25. The molecule has 0 radical (unpaired) electrons. The largest absolute Gasteiger partial charge is 0.322 e. The molecule has 96 valence electrons. The number of nitrogens with two attached hydrogens (primary N) is 1. The van der Waals surface area contributed by atoms with Crippen molar-refractivity contribution in [3.05, 3.63) is 65.2 Å². The first-order valence-corrected chi connectivity index (χ1v) is 7.29. The van der Waals surface area contributed by atoms with Crippen LogP contribution in [0.4, 0.5) is 0 Å². The minimum absolute atomic E-state index is 0.0256. The number of hydrogen-bond donors (Lipinski definition) is 1. The van der Waals surface area contributed by atoms with E-state index in [1.54, 1.807) is 11.3 Å². The van der Waals surface area contributed by atoms with Gasteiger partial charge in [-0.05, 0) is 30.5 Å². The van der Waals surface area contributed by atoms with E-state index in [-0.39, 0.29) is 6.04 Å². The Kier molecular flexibility index (Phi) is 3.58. The van der Waals surface area contributed by atoms with E-state index in [1.165, 1.54) is 10.3 Å². The third kappa shape index (κ3) is 2.83. The van der Waals surface area contributed by atoms with E-state index in [2.05, 4.69) is 35.3 Å². The number of aromatic nitrogens is 1. The molecule has 2 aromatic carbocycles.